The average Bonchev–Trinajstić information content (AvgIpc) is 2.84. The fourth-order valence-electron chi connectivity index (χ4n) is 3.59. The van der Waals surface area contributed by atoms with E-state index in [9.17, 15) is 9.59 Å². The molecule has 1 aliphatic carbocycles. The molecule has 0 saturated heterocycles. The number of carbonyl (C=O) groups excluding carboxylic acids is 1. The standard InChI is InChI=1S/C17H23N3O2/c1-11-9-20(3)17(22)14-13(10-19(2)15(11)14)16(21)18-12-7-5-4-6-8-12/h9-10,12H,4-8H2,1-3H3,(H,18,21). The number of hydrogen-bond donors (Lipinski definition) is 1. The third kappa shape index (κ3) is 2.45. The van der Waals surface area contributed by atoms with Crippen molar-refractivity contribution in [1.82, 2.24) is 14.5 Å². The maximum Gasteiger partial charge on any atom is 0.260 e. The van der Waals surface area contributed by atoms with Crippen LogP contribution >= 0.6 is 0 Å². The maximum absolute atomic E-state index is 12.6. The first-order valence-electron chi connectivity index (χ1n) is 7.95. The molecule has 5 heteroatoms. The van der Waals surface area contributed by atoms with Gasteiger partial charge in [-0.05, 0) is 25.3 Å². The van der Waals surface area contributed by atoms with Gasteiger partial charge in [0, 0.05) is 32.5 Å². The summed E-state index contributed by atoms with van der Waals surface area (Å²) >= 11 is 0. The number of nitrogens with one attached hydrogen (secondary N) is 1. The van der Waals surface area contributed by atoms with E-state index >= 15 is 0 Å². The lowest BCUT2D eigenvalue weighted by Crippen LogP contribution is -2.36. The van der Waals surface area contributed by atoms with Gasteiger partial charge >= 0.3 is 0 Å². The molecule has 5 nitrogen and oxygen atoms in total. The Bertz CT molecular complexity index is 779. The van der Waals surface area contributed by atoms with E-state index < -0.39 is 0 Å². The Morgan fingerprint density at radius 1 is 1.14 bits per heavy atom. The molecule has 118 valence electrons. The van der Waals surface area contributed by atoms with Crippen LogP contribution in [-0.2, 0) is 14.1 Å². The SMILES string of the molecule is Cc1cn(C)c(=O)c2c(C(=O)NC3CCCCC3)cn(C)c12. The van der Waals surface area contributed by atoms with Gasteiger partial charge in [0.1, 0.15) is 0 Å². The van der Waals surface area contributed by atoms with Crippen molar-refractivity contribution in [2.24, 2.45) is 14.1 Å². The van der Waals surface area contributed by atoms with Crippen LogP contribution < -0.4 is 10.9 Å². The minimum atomic E-state index is -0.125. The van der Waals surface area contributed by atoms with Gasteiger partial charge in [0.05, 0.1) is 16.5 Å². The minimum Gasteiger partial charge on any atom is -0.349 e. The van der Waals surface area contributed by atoms with Crippen molar-refractivity contribution in [2.75, 3.05) is 0 Å². The zero-order valence-electron chi connectivity index (χ0n) is 13.5. The Morgan fingerprint density at radius 3 is 2.50 bits per heavy atom. The van der Waals surface area contributed by atoms with E-state index in [-0.39, 0.29) is 17.5 Å². The fourth-order valence-corrected chi connectivity index (χ4v) is 3.59. The quantitative estimate of drug-likeness (QED) is 0.925. The number of fused-ring (bicyclic) bond motifs is 1. The van der Waals surface area contributed by atoms with Crippen LogP contribution in [0.15, 0.2) is 17.2 Å². The molecule has 1 fully saturated rings. The summed E-state index contributed by atoms with van der Waals surface area (Å²) in [5.74, 6) is -0.125. The van der Waals surface area contributed by atoms with Gasteiger partial charge in [-0.3, -0.25) is 9.59 Å². The summed E-state index contributed by atoms with van der Waals surface area (Å²) in [6, 6.07) is 0.241. The van der Waals surface area contributed by atoms with E-state index in [1.54, 1.807) is 17.8 Å². The van der Waals surface area contributed by atoms with E-state index in [0.717, 1.165) is 23.9 Å². The summed E-state index contributed by atoms with van der Waals surface area (Å²) < 4.78 is 3.43. The van der Waals surface area contributed by atoms with Crippen LogP contribution in [0.1, 0.15) is 48.0 Å². The van der Waals surface area contributed by atoms with Crippen LogP contribution in [0.4, 0.5) is 0 Å². The van der Waals surface area contributed by atoms with Gasteiger partial charge in [-0.2, -0.15) is 0 Å². The first-order chi connectivity index (χ1) is 10.5. The van der Waals surface area contributed by atoms with E-state index in [1.807, 2.05) is 24.7 Å². The molecule has 2 aromatic heterocycles. The lowest BCUT2D eigenvalue weighted by Gasteiger charge is -2.22. The summed E-state index contributed by atoms with van der Waals surface area (Å²) in [4.78, 5) is 25.1. The molecule has 0 aliphatic heterocycles. The second-order valence-corrected chi connectivity index (χ2v) is 6.41. The monoisotopic (exact) mass is 301 g/mol. The van der Waals surface area contributed by atoms with Gasteiger partial charge in [-0.25, -0.2) is 0 Å². The van der Waals surface area contributed by atoms with Crippen molar-refractivity contribution in [2.45, 2.75) is 45.1 Å². The number of aryl methyl sites for hydroxylation is 3. The number of pyridine rings is 1. The molecule has 22 heavy (non-hydrogen) atoms. The maximum atomic E-state index is 12.6. The molecule has 0 bridgehead atoms. The predicted molar refractivity (Wildman–Crippen MR) is 87.2 cm³/mol. The number of amides is 1. The smallest absolute Gasteiger partial charge is 0.260 e. The van der Waals surface area contributed by atoms with E-state index in [4.69, 9.17) is 0 Å². The van der Waals surface area contributed by atoms with Crippen molar-refractivity contribution in [1.29, 1.82) is 0 Å². The fraction of sp³-hybridized carbons (Fsp3) is 0.529. The molecular formula is C17H23N3O2. The van der Waals surface area contributed by atoms with Gasteiger partial charge in [-0.1, -0.05) is 19.3 Å². The third-order valence-electron chi connectivity index (χ3n) is 4.66. The predicted octanol–water partition coefficient (Wildman–Crippen LogP) is 2.25. The Labute approximate surface area is 129 Å². The van der Waals surface area contributed by atoms with Crippen molar-refractivity contribution in [3.8, 4) is 0 Å². The van der Waals surface area contributed by atoms with Gasteiger partial charge in [0.2, 0.25) is 0 Å². The second kappa shape index (κ2) is 5.63. The summed E-state index contributed by atoms with van der Waals surface area (Å²) in [7, 11) is 3.61. The largest absolute Gasteiger partial charge is 0.349 e. The number of hydrogen-bond acceptors (Lipinski definition) is 2. The van der Waals surface area contributed by atoms with Gasteiger partial charge in [-0.15, -0.1) is 0 Å². The van der Waals surface area contributed by atoms with E-state index in [0.29, 0.717) is 10.9 Å². The molecule has 0 unspecified atom stereocenters. The molecule has 1 saturated carbocycles. The van der Waals surface area contributed by atoms with Crippen LogP contribution in [-0.4, -0.2) is 21.1 Å². The number of aromatic nitrogens is 2. The molecular weight excluding hydrogens is 278 g/mol. The average molecular weight is 301 g/mol. The summed E-state index contributed by atoms with van der Waals surface area (Å²) in [5, 5.41) is 3.63. The highest BCUT2D eigenvalue weighted by Crippen LogP contribution is 2.22. The molecule has 1 N–H and O–H groups in total. The number of rotatable bonds is 2. The minimum absolute atomic E-state index is 0.116. The number of carbonyl (C=O) groups is 1. The van der Waals surface area contributed by atoms with E-state index in [1.165, 1.54) is 19.3 Å². The van der Waals surface area contributed by atoms with Crippen molar-refractivity contribution < 1.29 is 4.79 Å². The van der Waals surface area contributed by atoms with E-state index in [2.05, 4.69) is 5.32 Å². The van der Waals surface area contributed by atoms with Gasteiger partial charge < -0.3 is 14.5 Å². The van der Waals surface area contributed by atoms with Gasteiger partial charge in [0.15, 0.2) is 0 Å². The molecule has 1 aliphatic rings. The van der Waals surface area contributed by atoms with Crippen LogP contribution in [0, 0.1) is 6.92 Å². The summed E-state index contributed by atoms with van der Waals surface area (Å²) in [5.41, 5.74) is 2.22. The normalized spacial score (nSPS) is 16.1. The van der Waals surface area contributed by atoms with Crippen LogP contribution in [0.2, 0.25) is 0 Å². The molecule has 1 amide bonds. The summed E-state index contributed by atoms with van der Waals surface area (Å²) in [6.07, 6.45) is 9.24. The highest BCUT2D eigenvalue weighted by atomic mass is 16.2. The van der Waals surface area contributed by atoms with Crippen molar-refractivity contribution >= 4 is 16.8 Å². The lowest BCUT2D eigenvalue weighted by molar-refractivity contribution is 0.0929. The van der Waals surface area contributed by atoms with Gasteiger partial charge in [0.25, 0.3) is 11.5 Å². The topological polar surface area (TPSA) is 56.0 Å². The Kier molecular flexibility index (Phi) is 3.81. The molecule has 2 aromatic rings. The zero-order chi connectivity index (χ0) is 15.9. The van der Waals surface area contributed by atoms with Crippen molar-refractivity contribution in [3.05, 3.63) is 33.9 Å². The number of nitrogens with zero attached hydrogens (tertiary/aromatic N) is 2. The molecule has 0 aromatic carbocycles. The summed E-state index contributed by atoms with van der Waals surface area (Å²) in [6.45, 7) is 1.96. The first-order valence-corrected chi connectivity index (χ1v) is 7.95. The highest BCUT2D eigenvalue weighted by Gasteiger charge is 2.22. The molecule has 2 heterocycles. The molecule has 3 rings (SSSR count). The highest BCUT2D eigenvalue weighted by molar-refractivity contribution is 6.07. The molecule has 0 radical (unpaired) electrons. The van der Waals surface area contributed by atoms with Crippen LogP contribution in [0.5, 0.6) is 0 Å². The van der Waals surface area contributed by atoms with Crippen LogP contribution in [0.25, 0.3) is 10.9 Å². The van der Waals surface area contributed by atoms with Crippen molar-refractivity contribution in [3.63, 3.8) is 0 Å². The Hall–Kier alpha value is -2.04. The second-order valence-electron chi connectivity index (χ2n) is 6.41. The lowest BCUT2D eigenvalue weighted by atomic mass is 9.95. The first kappa shape index (κ1) is 14.9. The van der Waals surface area contributed by atoms with Crippen LogP contribution in [0.3, 0.4) is 0 Å². The Balaban J connectivity index is 2.03. The molecule has 0 spiro atoms. The zero-order valence-corrected chi connectivity index (χ0v) is 13.5. The Morgan fingerprint density at radius 2 is 1.82 bits per heavy atom. The third-order valence-corrected chi connectivity index (χ3v) is 4.66. The molecule has 0 atom stereocenters.